The van der Waals surface area contributed by atoms with Gasteiger partial charge in [-0.05, 0) is 36.8 Å². The average molecular weight is 411 g/mol. The van der Waals surface area contributed by atoms with Gasteiger partial charge < -0.3 is 9.47 Å². The molecule has 7 nitrogen and oxygen atoms in total. The Hall–Kier alpha value is -3.30. The Morgan fingerprint density at radius 1 is 1.24 bits per heavy atom. The maximum absolute atomic E-state index is 12.6. The lowest BCUT2D eigenvalue weighted by molar-refractivity contribution is -0.386. The summed E-state index contributed by atoms with van der Waals surface area (Å²) in [6.45, 7) is 2.29. The third-order valence-electron chi connectivity index (χ3n) is 3.84. The molecule has 0 aliphatic heterocycles. The number of nitrogens with zero attached hydrogens (tertiary/aromatic N) is 2. The van der Waals surface area contributed by atoms with Crippen LogP contribution in [0.1, 0.15) is 30.9 Å². The fourth-order valence-corrected chi connectivity index (χ4v) is 2.35. The number of hydrogen-bond acceptors (Lipinski definition) is 6. The highest BCUT2D eigenvalue weighted by Gasteiger charge is 2.29. The molecule has 156 valence electrons. The van der Waals surface area contributed by atoms with Crippen LogP contribution < -0.4 is 14.9 Å². The summed E-state index contributed by atoms with van der Waals surface area (Å²) in [6, 6.07) is 7.11. The molecule has 0 bridgehead atoms. The highest BCUT2D eigenvalue weighted by atomic mass is 19.4. The number of anilines is 1. The number of hydrogen-bond donors (Lipinski definition) is 1. The maximum atomic E-state index is 12.6. The molecule has 2 rings (SSSR count). The fraction of sp³-hybridized carbons (Fsp3) is 0.316. The molecule has 0 aliphatic rings. The standard InChI is InChI=1S/C19H20F3N3O4/c1-3-4-9-29-18-16(25(26)27)10-13(11-17(18)28-2)12-23-24-15-7-5-14(6-8-15)19(20,21)22/h5-8,10-12,24H,3-4,9H2,1-2H3. The van der Waals surface area contributed by atoms with E-state index in [-0.39, 0.29) is 17.2 Å². The van der Waals surface area contributed by atoms with Crippen molar-refractivity contribution in [3.05, 3.63) is 57.6 Å². The molecule has 0 amide bonds. The molecule has 0 aliphatic carbocycles. The van der Waals surface area contributed by atoms with E-state index in [9.17, 15) is 23.3 Å². The lowest BCUT2D eigenvalue weighted by Gasteiger charge is -2.11. The van der Waals surface area contributed by atoms with Gasteiger partial charge in [-0.15, -0.1) is 0 Å². The van der Waals surface area contributed by atoms with Crippen molar-refractivity contribution in [1.82, 2.24) is 0 Å². The summed E-state index contributed by atoms with van der Waals surface area (Å²) in [5, 5.41) is 15.3. The first-order valence-electron chi connectivity index (χ1n) is 8.71. The van der Waals surface area contributed by atoms with Crippen LogP contribution in [-0.4, -0.2) is 24.9 Å². The van der Waals surface area contributed by atoms with E-state index >= 15 is 0 Å². The first-order valence-corrected chi connectivity index (χ1v) is 8.71. The Balaban J connectivity index is 2.19. The summed E-state index contributed by atoms with van der Waals surface area (Å²) in [5.74, 6) is 0.227. The average Bonchev–Trinajstić information content (AvgIpc) is 2.68. The van der Waals surface area contributed by atoms with Crippen LogP contribution in [0.15, 0.2) is 41.5 Å². The van der Waals surface area contributed by atoms with E-state index in [1.54, 1.807) is 0 Å². The minimum absolute atomic E-state index is 0.0406. The molecule has 10 heteroatoms. The molecule has 0 unspecified atom stereocenters. The third kappa shape index (κ3) is 6.09. The number of alkyl halides is 3. The van der Waals surface area contributed by atoms with Crippen molar-refractivity contribution in [2.75, 3.05) is 19.1 Å². The molecule has 0 saturated heterocycles. The van der Waals surface area contributed by atoms with Gasteiger partial charge in [-0.2, -0.15) is 18.3 Å². The summed E-state index contributed by atoms with van der Waals surface area (Å²) >= 11 is 0. The summed E-state index contributed by atoms with van der Waals surface area (Å²) < 4.78 is 48.4. The molecular formula is C19H20F3N3O4. The van der Waals surface area contributed by atoms with E-state index in [2.05, 4.69) is 10.5 Å². The van der Waals surface area contributed by atoms with Crippen molar-refractivity contribution in [2.45, 2.75) is 25.9 Å². The van der Waals surface area contributed by atoms with Crippen molar-refractivity contribution >= 4 is 17.6 Å². The van der Waals surface area contributed by atoms with Crippen molar-refractivity contribution < 1.29 is 27.6 Å². The number of rotatable bonds is 9. The van der Waals surface area contributed by atoms with Crippen molar-refractivity contribution in [1.29, 1.82) is 0 Å². The van der Waals surface area contributed by atoms with Crippen LogP contribution in [-0.2, 0) is 6.18 Å². The molecule has 2 aromatic carbocycles. The number of nitro benzene ring substituents is 1. The molecule has 0 radical (unpaired) electrons. The number of nitro groups is 1. The lowest BCUT2D eigenvalue weighted by atomic mass is 10.2. The monoisotopic (exact) mass is 411 g/mol. The van der Waals surface area contributed by atoms with Crippen molar-refractivity contribution in [3.63, 3.8) is 0 Å². The van der Waals surface area contributed by atoms with Gasteiger partial charge in [-0.1, -0.05) is 13.3 Å². The summed E-state index contributed by atoms with van der Waals surface area (Å²) in [6.07, 6.45) is -1.52. The number of ether oxygens (including phenoxy) is 2. The molecule has 0 spiro atoms. The number of benzene rings is 2. The van der Waals surface area contributed by atoms with Crippen LogP contribution in [0, 0.1) is 10.1 Å². The number of methoxy groups -OCH3 is 1. The van der Waals surface area contributed by atoms with Crippen LogP contribution in [0.2, 0.25) is 0 Å². The summed E-state index contributed by atoms with van der Waals surface area (Å²) in [5.41, 5.74) is 2.22. The fourth-order valence-electron chi connectivity index (χ4n) is 2.35. The van der Waals surface area contributed by atoms with Gasteiger partial charge in [0.05, 0.1) is 36.1 Å². The second-order valence-electron chi connectivity index (χ2n) is 5.98. The molecular weight excluding hydrogens is 391 g/mol. The second-order valence-corrected chi connectivity index (χ2v) is 5.98. The molecule has 0 atom stereocenters. The Labute approximate surface area is 165 Å². The van der Waals surface area contributed by atoms with Gasteiger partial charge in [0.2, 0.25) is 5.75 Å². The number of nitrogens with one attached hydrogen (secondary N) is 1. The van der Waals surface area contributed by atoms with Crippen molar-refractivity contribution in [3.8, 4) is 11.5 Å². The minimum atomic E-state index is -4.42. The predicted octanol–water partition coefficient (Wildman–Crippen LogP) is 5.25. The molecule has 29 heavy (non-hydrogen) atoms. The second kappa shape index (κ2) is 9.76. The largest absolute Gasteiger partial charge is 0.493 e. The highest BCUT2D eigenvalue weighted by molar-refractivity contribution is 5.83. The van der Waals surface area contributed by atoms with Gasteiger partial charge in [0.15, 0.2) is 5.75 Å². The van der Waals surface area contributed by atoms with Crippen LogP contribution in [0.3, 0.4) is 0 Å². The quantitative estimate of drug-likeness (QED) is 0.264. The normalized spacial score (nSPS) is 11.5. The van der Waals surface area contributed by atoms with Gasteiger partial charge in [0, 0.05) is 11.6 Å². The zero-order valence-corrected chi connectivity index (χ0v) is 15.8. The van der Waals surface area contributed by atoms with Crippen LogP contribution in [0.5, 0.6) is 11.5 Å². The lowest BCUT2D eigenvalue weighted by Crippen LogP contribution is -2.04. The number of unbranched alkanes of at least 4 members (excludes halogenated alkanes) is 1. The van der Waals surface area contributed by atoms with E-state index in [4.69, 9.17) is 9.47 Å². The summed E-state index contributed by atoms with van der Waals surface area (Å²) in [4.78, 5) is 10.8. The summed E-state index contributed by atoms with van der Waals surface area (Å²) in [7, 11) is 1.37. The van der Waals surface area contributed by atoms with Crippen LogP contribution in [0.4, 0.5) is 24.5 Å². The maximum Gasteiger partial charge on any atom is 0.416 e. The highest BCUT2D eigenvalue weighted by Crippen LogP contribution is 2.38. The Kier molecular flexibility index (Phi) is 7.40. The third-order valence-corrected chi connectivity index (χ3v) is 3.84. The Morgan fingerprint density at radius 2 is 1.93 bits per heavy atom. The first-order chi connectivity index (χ1) is 13.8. The smallest absolute Gasteiger partial charge is 0.416 e. The molecule has 0 fully saturated rings. The topological polar surface area (TPSA) is 86.0 Å². The SMILES string of the molecule is CCCCOc1c(OC)cc(C=NNc2ccc(C(F)(F)F)cc2)cc1[N+](=O)[O-]. The minimum Gasteiger partial charge on any atom is -0.493 e. The van der Waals surface area contributed by atoms with Gasteiger partial charge in [0.1, 0.15) is 0 Å². The van der Waals surface area contributed by atoms with E-state index in [1.807, 2.05) is 6.92 Å². The number of halogens is 3. The Bertz CT molecular complexity index is 868. The Morgan fingerprint density at radius 3 is 2.48 bits per heavy atom. The zero-order valence-electron chi connectivity index (χ0n) is 15.8. The number of hydrazone groups is 1. The van der Waals surface area contributed by atoms with E-state index in [0.717, 1.165) is 25.0 Å². The molecule has 0 aromatic heterocycles. The zero-order chi connectivity index (χ0) is 21.4. The molecule has 0 saturated carbocycles. The molecule has 1 N–H and O–H groups in total. The van der Waals surface area contributed by atoms with Crippen LogP contribution in [0.25, 0.3) is 0 Å². The molecule has 0 heterocycles. The first kappa shape index (κ1) is 22.0. The van der Waals surface area contributed by atoms with Crippen LogP contribution >= 0.6 is 0 Å². The predicted molar refractivity (Wildman–Crippen MR) is 103 cm³/mol. The molecule has 2 aromatic rings. The van der Waals surface area contributed by atoms with Gasteiger partial charge >= 0.3 is 11.9 Å². The van der Waals surface area contributed by atoms with Gasteiger partial charge in [-0.3, -0.25) is 15.5 Å². The van der Waals surface area contributed by atoms with E-state index in [0.29, 0.717) is 17.9 Å². The van der Waals surface area contributed by atoms with Crippen molar-refractivity contribution in [2.24, 2.45) is 5.10 Å². The van der Waals surface area contributed by atoms with Gasteiger partial charge in [0.25, 0.3) is 0 Å². The van der Waals surface area contributed by atoms with E-state index < -0.39 is 16.7 Å². The van der Waals surface area contributed by atoms with E-state index in [1.165, 1.54) is 37.6 Å². The van der Waals surface area contributed by atoms with Gasteiger partial charge in [-0.25, -0.2) is 0 Å².